The summed E-state index contributed by atoms with van der Waals surface area (Å²) in [4.78, 5) is 16.5. The van der Waals surface area contributed by atoms with Gasteiger partial charge in [-0.2, -0.15) is 5.26 Å². The van der Waals surface area contributed by atoms with Crippen LogP contribution in [0.15, 0.2) is 36.0 Å². The maximum Gasteiger partial charge on any atom is 0.263 e. The van der Waals surface area contributed by atoms with Gasteiger partial charge < -0.3 is 20.4 Å². The van der Waals surface area contributed by atoms with Gasteiger partial charge in [0.05, 0.1) is 0 Å². The highest BCUT2D eigenvalue weighted by molar-refractivity contribution is 6.17. The van der Waals surface area contributed by atoms with Crippen molar-refractivity contribution in [3.63, 3.8) is 0 Å². The summed E-state index contributed by atoms with van der Waals surface area (Å²) in [6.07, 6.45) is 2.11. The van der Waals surface area contributed by atoms with Crippen molar-refractivity contribution in [1.82, 2.24) is 10.2 Å². The molecular formula is C18H24ClN5O. The van der Waals surface area contributed by atoms with E-state index in [-0.39, 0.29) is 5.57 Å². The van der Waals surface area contributed by atoms with Crippen LogP contribution in [0.4, 0.5) is 11.4 Å². The van der Waals surface area contributed by atoms with Crippen LogP contribution in [0.1, 0.15) is 6.42 Å². The van der Waals surface area contributed by atoms with Crippen LogP contribution in [0.2, 0.25) is 0 Å². The van der Waals surface area contributed by atoms with E-state index in [9.17, 15) is 4.79 Å². The molecule has 0 unspecified atom stereocenters. The molecule has 1 aliphatic rings. The molecule has 0 aliphatic carbocycles. The Labute approximate surface area is 154 Å². The summed E-state index contributed by atoms with van der Waals surface area (Å²) in [5, 5.41) is 14.8. The number of benzene rings is 1. The highest BCUT2D eigenvalue weighted by Crippen LogP contribution is 2.19. The smallest absolute Gasteiger partial charge is 0.263 e. The number of hydrogen-bond acceptors (Lipinski definition) is 5. The summed E-state index contributed by atoms with van der Waals surface area (Å²) in [5.41, 5.74) is 2.05. The number of nitrogens with zero attached hydrogens (tertiary/aromatic N) is 3. The molecule has 1 fully saturated rings. The van der Waals surface area contributed by atoms with Gasteiger partial charge in [0.2, 0.25) is 0 Å². The molecule has 1 aromatic rings. The Morgan fingerprint density at radius 1 is 1.28 bits per heavy atom. The number of amides is 1. The number of nitriles is 1. The van der Waals surface area contributed by atoms with Gasteiger partial charge in [-0.25, -0.2) is 0 Å². The van der Waals surface area contributed by atoms with Gasteiger partial charge in [-0.05, 0) is 37.7 Å². The van der Waals surface area contributed by atoms with Gasteiger partial charge >= 0.3 is 0 Å². The Hall–Kier alpha value is -2.23. The fourth-order valence-electron chi connectivity index (χ4n) is 2.50. The zero-order valence-electron chi connectivity index (χ0n) is 14.5. The number of piperazine rings is 1. The van der Waals surface area contributed by atoms with Crippen LogP contribution >= 0.6 is 11.6 Å². The number of halogens is 1. The number of nitrogens with one attached hydrogen (secondary N) is 2. The van der Waals surface area contributed by atoms with E-state index >= 15 is 0 Å². The number of hydrogen-bond donors (Lipinski definition) is 2. The third-order valence-corrected chi connectivity index (χ3v) is 4.35. The quantitative estimate of drug-likeness (QED) is 0.336. The first-order chi connectivity index (χ1) is 12.1. The Kier molecular flexibility index (Phi) is 7.58. The highest BCUT2D eigenvalue weighted by Gasteiger charge is 2.14. The van der Waals surface area contributed by atoms with Crippen LogP contribution in [0.5, 0.6) is 0 Å². The van der Waals surface area contributed by atoms with Crippen molar-refractivity contribution in [2.45, 2.75) is 6.42 Å². The maximum absolute atomic E-state index is 11.9. The molecule has 7 heteroatoms. The fraction of sp³-hybridized carbons (Fsp3) is 0.444. The Morgan fingerprint density at radius 2 is 1.96 bits per heavy atom. The van der Waals surface area contributed by atoms with Gasteiger partial charge in [0.1, 0.15) is 11.6 Å². The number of anilines is 2. The van der Waals surface area contributed by atoms with Crippen LogP contribution in [0.3, 0.4) is 0 Å². The highest BCUT2D eigenvalue weighted by atomic mass is 35.5. The van der Waals surface area contributed by atoms with Crippen LogP contribution in [-0.4, -0.2) is 56.5 Å². The number of rotatable bonds is 7. The number of likely N-dealkylation sites (N-methyl/N-ethyl adjacent to an activating group) is 1. The van der Waals surface area contributed by atoms with E-state index in [0.717, 1.165) is 31.9 Å². The molecule has 0 aromatic heterocycles. The van der Waals surface area contributed by atoms with Crippen LogP contribution in [0, 0.1) is 11.3 Å². The molecule has 1 saturated heterocycles. The maximum atomic E-state index is 11.9. The van der Waals surface area contributed by atoms with Crippen LogP contribution in [-0.2, 0) is 4.79 Å². The molecule has 1 amide bonds. The summed E-state index contributed by atoms with van der Waals surface area (Å²) < 4.78 is 0. The molecule has 0 saturated carbocycles. The lowest BCUT2D eigenvalue weighted by molar-refractivity contribution is -0.117. The van der Waals surface area contributed by atoms with Crippen molar-refractivity contribution < 1.29 is 4.79 Å². The average molecular weight is 362 g/mol. The van der Waals surface area contributed by atoms with Crippen molar-refractivity contribution in [2.24, 2.45) is 0 Å². The Bertz CT molecular complexity index is 630. The average Bonchev–Trinajstić information content (AvgIpc) is 2.64. The molecule has 6 nitrogen and oxygen atoms in total. The molecule has 134 valence electrons. The predicted octanol–water partition coefficient (Wildman–Crippen LogP) is 2.00. The van der Waals surface area contributed by atoms with Crippen LogP contribution < -0.4 is 15.5 Å². The normalized spacial score (nSPS) is 15.6. The van der Waals surface area contributed by atoms with Crippen LogP contribution in [0.25, 0.3) is 0 Å². The van der Waals surface area contributed by atoms with E-state index in [1.165, 1.54) is 11.9 Å². The molecule has 0 radical (unpaired) electrons. The molecule has 2 N–H and O–H groups in total. The number of carbonyl (C=O) groups is 1. The van der Waals surface area contributed by atoms with E-state index in [0.29, 0.717) is 18.8 Å². The molecule has 1 aromatic carbocycles. The van der Waals surface area contributed by atoms with E-state index in [2.05, 4.69) is 27.5 Å². The number of carbonyl (C=O) groups excluding carboxylic acids is 1. The monoisotopic (exact) mass is 361 g/mol. The molecule has 0 spiro atoms. The van der Waals surface area contributed by atoms with E-state index in [4.69, 9.17) is 16.9 Å². The van der Waals surface area contributed by atoms with Crippen molar-refractivity contribution in [3.05, 3.63) is 36.0 Å². The van der Waals surface area contributed by atoms with Crippen molar-refractivity contribution in [2.75, 3.05) is 55.9 Å². The molecule has 1 aliphatic heterocycles. The van der Waals surface area contributed by atoms with Gasteiger partial charge in [0.15, 0.2) is 0 Å². The second-order valence-corrected chi connectivity index (χ2v) is 6.33. The summed E-state index contributed by atoms with van der Waals surface area (Å²) >= 11 is 5.57. The van der Waals surface area contributed by atoms with Gasteiger partial charge in [0.25, 0.3) is 5.91 Å². The van der Waals surface area contributed by atoms with Gasteiger partial charge in [0, 0.05) is 56.2 Å². The molecule has 1 heterocycles. The van der Waals surface area contributed by atoms with Crippen molar-refractivity contribution in [3.8, 4) is 6.07 Å². The third-order valence-electron chi connectivity index (χ3n) is 4.08. The first kappa shape index (κ1) is 19.1. The standard InChI is InChI=1S/C18H24ClN5O/c1-23-9-11-24(12-10-23)17-5-3-16(4-6-17)22-14-15(13-20)18(25)21-8-2-7-19/h3-6,14,22H,2,7-12H2,1H3,(H,21,25)/b15-14-. The summed E-state index contributed by atoms with van der Waals surface area (Å²) in [5.74, 6) is 0.0817. The molecular weight excluding hydrogens is 338 g/mol. The largest absolute Gasteiger partial charge is 0.369 e. The van der Waals surface area contributed by atoms with Gasteiger partial charge in [-0.15, -0.1) is 11.6 Å². The lowest BCUT2D eigenvalue weighted by Gasteiger charge is -2.34. The minimum atomic E-state index is -0.394. The third kappa shape index (κ3) is 5.96. The zero-order valence-corrected chi connectivity index (χ0v) is 15.2. The minimum absolute atomic E-state index is 0.0396. The van der Waals surface area contributed by atoms with Gasteiger partial charge in [-0.3, -0.25) is 4.79 Å². The summed E-state index contributed by atoms with van der Waals surface area (Å²) in [6, 6.07) is 9.90. The lowest BCUT2D eigenvalue weighted by Crippen LogP contribution is -2.44. The predicted molar refractivity (Wildman–Crippen MR) is 102 cm³/mol. The topological polar surface area (TPSA) is 71.4 Å². The second kappa shape index (κ2) is 9.92. The first-order valence-corrected chi connectivity index (χ1v) is 8.92. The van der Waals surface area contributed by atoms with E-state index in [1.807, 2.05) is 30.3 Å². The molecule has 25 heavy (non-hydrogen) atoms. The van der Waals surface area contributed by atoms with Crippen molar-refractivity contribution in [1.29, 1.82) is 5.26 Å². The van der Waals surface area contributed by atoms with Crippen molar-refractivity contribution >= 4 is 28.9 Å². The lowest BCUT2D eigenvalue weighted by atomic mass is 10.2. The zero-order chi connectivity index (χ0) is 18.1. The Morgan fingerprint density at radius 3 is 2.56 bits per heavy atom. The minimum Gasteiger partial charge on any atom is -0.369 e. The number of alkyl halides is 1. The summed E-state index contributed by atoms with van der Waals surface area (Å²) in [7, 11) is 2.13. The fourth-order valence-corrected chi connectivity index (χ4v) is 2.63. The Balaban J connectivity index is 1.91. The molecule has 0 bridgehead atoms. The molecule has 0 atom stereocenters. The second-order valence-electron chi connectivity index (χ2n) is 5.95. The van der Waals surface area contributed by atoms with Gasteiger partial charge in [-0.1, -0.05) is 0 Å². The van der Waals surface area contributed by atoms with E-state index < -0.39 is 5.91 Å². The SMILES string of the molecule is CN1CCN(c2ccc(N/C=C(/C#N)C(=O)NCCCCl)cc2)CC1. The van der Waals surface area contributed by atoms with E-state index in [1.54, 1.807) is 0 Å². The summed E-state index contributed by atoms with van der Waals surface area (Å²) in [6.45, 7) is 4.62. The molecule has 2 rings (SSSR count). The first-order valence-electron chi connectivity index (χ1n) is 8.38.